The fourth-order valence-corrected chi connectivity index (χ4v) is 1.94. The van der Waals surface area contributed by atoms with Gasteiger partial charge in [-0.05, 0) is 41.0 Å². The Morgan fingerprint density at radius 2 is 1.74 bits per heavy atom. The third-order valence-corrected chi connectivity index (χ3v) is 3.30. The van der Waals surface area contributed by atoms with Crippen LogP contribution in [0.2, 0.25) is 0 Å². The Balaban J connectivity index is 5.03. The molecule has 0 rings (SSSR count). The second kappa shape index (κ2) is 7.36. The van der Waals surface area contributed by atoms with Crippen molar-refractivity contribution in [2.45, 2.75) is 66.0 Å². The molecular weight excluding hydrogens is 244 g/mol. The summed E-state index contributed by atoms with van der Waals surface area (Å²) in [4.78, 5) is 26.8. The third-order valence-electron chi connectivity index (χ3n) is 3.30. The largest absolute Gasteiger partial charge is 0.481 e. The minimum Gasteiger partial charge on any atom is -0.481 e. The van der Waals surface area contributed by atoms with E-state index in [0.717, 1.165) is 6.42 Å². The Labute approximate surface area is 116 Å². The average Bonchev–Trinajstić information content (AvgIpc) is 2.27. The van der Waals surface area contributed by atoms with Gasteiger partial charge in [-0.1, -0.05) is 6.92 Å². The lowest BCUT2D eigenvalue weighted by atomic mass is 10.1. The first kappa shape index (κ1) is 17.7. The molecule has 0 aromatic rings. The van der Waals surface area contributed by atoms with Gasteiger partial charge >= 0.3 is 12.0 Å². The predicted octanol–water partition coefficient (Wildman–Crippen LogP) is 2.80. The number of carboxylic acids is 1. The molecule has 5 heteroatoms. The van der Waals surface area contributed by atoms with Crippen molar-refractivity contribution in [2.24, 2.45) is 0 Å². The molecule has 0 saturated carbocycles. The Morgan fingerprint density at radius 1 is 1.21 bits per heavy atom. The van der Waals surface area contributed by atoms with Crippen LogP contribution in [0.1, 0.15) is 54.4 Å². The molecule has 19 heavy (non-hydrogen) atoms. The van der Waals surface area contributed by atoms with Gasteiger partial charge in [0, 0.05) is 24.7 Å². The van der Waals surface area contributed by atoms with Crippen molar-refractivity contribution in [3.63, 3.8) is 0 Å². The van der Waals surface area contributed by atoms with Crippen molar-refractivity contribution in [3.8, 4) is 0 Å². The van der Waals surface area contributed by atoms with Gasteiger partial charge in [-0.15, -0.1) is 0 Å². The molecule has 112 valence electrons. The second-order valence-electron chi connectivity index (χ2n) is 5.79. The van der Waals surface area contributed by atoms with Gasteiger partial charge in [-0.25, -0.2) is 4.79 Å². The lowest BCUT2D eigenvalue weighted by Gasteiger charge is -2.40. The van der Waals surface area contributed by atoms with Crippen molar-refractivity contribution in [2.75, 3.05) is 13.1 Å². The maximum atomic E-state index is 12.6. The zero-order valence-electron chi connectivity index (χ0n) is 13.1. The molecule has 0 spiro atoms. The van der Waals surface area contributed by atoms with E-state index < -0.39 is 5.97 Å². The van der Waals surface area contributed by atoms with Gasteiger partial charge in [0.05, 0.1) is 6.42 Å². The highest BCUT2D eigenvalue weighted by atomic mass is 16.4. The van der Waals surface area contributed by atoms with Crippen molar-refractivity contribution >= 4 is 12.0 Å². The second-order valence-corrected chi connectivity index (χ2v) is 5.79. The molecule has 0 radical (unpaired) electrons. The van der Waals surface area contributed by atoms with Crippen molar-refractivity contribution in [3.05, 3.63) is 0 Å². The summed E-state index contributed by atoms with van der Waals surface area (Å²) in [6.07, 6.45) is 0.859. The van der Waals surface area contributed by atoms with Crippen LogP contribution in [0.25, 0.3) is 0 Å². The summed E-state index contributed by atoms with van der Waals surface area (Å²) < 4.78 is 0. The van der Waals surface area contributed by atoms with E-state index in [1.165, 1.54) is 0 Å². The molecule has 1 unspecified atom stereocenters. The van der Waals surface area contributed by atoms with Crippen LogP contribution in [0.5, 0.6) is 0 Å². The lowest BCUT2D eigenvalue weighted by Crippen LogP contribution is -2.54. The smallest absolute Gasteiger partial charge is 0.320 e. The fraction of sp³-hybridized carbons (Fsp3) is 0.857. The number of carbonyl (C=O) groups is 2. The molecule has 0 aliphatic rings. The van der Waals surface area contributed by atoms with Crippen molar-refractivity contribution in [1.29, 1.82) is 0 Å². The predicted molar refractivity (Wildman–Crippen MR) is 76.2 cm³/mol. The van der Waals surface area contributed by atoms with Crippen LogP contribution >= 0.6 is 0 Å². The van der Waals surface area contributed by atoms with Gasteiger partial charge in [0.25, 0.3) is 0 Å². The summed E-state index contributed by atoms with van der Waals surface area (Å²) in [7, 11) is 0. The van der Waals surface area contributed by atoms with E-state index in [2.05, 4.69) is 0 Å². The van der Waals surface area contributed by atoms with Crippen LogP contribution in [0, 0.1) is 0 Å². The van der Waals surface area contributed by atoms with Crippen molar-refractivity contribution in [1.82, 2.24) is 9.80 Å². The molecule has 5 nitrogen and oxygen atoms in total. The van der Waals surface area contributed by atoms with E-state index in [4.69, 9.17) is 5.11 Å². The molecule has 0 fully saturated rings. The number of aliphatic carboxylic acids is 1. The summed E-state index contributed by atoms with van der Waals surface area (Å²) in [5, 5.41) is 8.81. The summed E-state index contributed by atoms with van der Waals surface area (Å²) in [6, 6.07) is 0.0813. The van der Waals surface area contributed by atoms with E-state index in [9.17, 15) is 9.59 Å². The monoisotopic (exact) mass is 272 g/mol. The maximum absolute atomic E-state index is 12.6. The van der Waals surface area contributed by atoms with Crippen LogP contribution < -0.4 is 0 Å². The number of rotatable bonds is 6. The molecule has 0 saturated heterocycles. The zero-order valence-corrected chi connectivity index (χ0v) is 13.1. The molecule has 0 aliphatic carbocycles. The topological polar surface area (TPSA) is 60.9 Å². The maximum Gasteiger partial charge on any atom is 0.320 e. The molecule has 1 N–H and O–H groups in total. The minimum absolute atomic E-state index is 0.0267. The third kappa shape index (κ3) is 5.49. The first-order valence-corrected chi connectivity index (χ1v) is 6.95. The highest BCUT2D eigenvalue weighted by Gasteiger charge is 2.31. The number of carboxylic acid groups (broad SMARTS) is 1. The van der Waals surface area contributed by atoms with E-state index in [1.807, 2.05) is 41.5 Å². The summed E-state index contributed by atoms with van der Waals surface area (Å²) in [5.41, 5.74) is -0.382. The van der Waals surface area contributed by atoms with E-state index in [0.29, 0.717) is 6.54 Å². The molecule has 1 atom stereocenters. The first-order valence-electron chi connectivity index (χ1n) is 6.95. The number of hydrogen-bond acceptors (Lipinski definition) is 2. The lowest BCUT2D eigenvalue weighted by molar-refractivity contribution is -0.137. The van der Waals surface area contributed by atoms with Crippen LogP contribution in [0.4, 0.5) is 4.79 Å². The molecule has 0 aliphatic heterocycles. The van der Waals surface area contributed by atoms with Gasteiger partial charge in [0.1, 0.15) is 0 Å². The van der Waals surface area contributed by atoms with Gasteiger partial charge in [-0.2, -0.15) is 0 Å². The number of amides is 2. The zero-order chi connectivity index (χ0) is 15.2. The number of nitrogens with zero attached hydrogens (tertiary/aromatic N) is 2. The SMILES string of the molecule is CCC(C)N(CC)C(=O)N(CCC(=O)O)C(C)(C)C. The summed E-state index contributed by atoms with van der Waals surface area (Å²) in [5.74, 6) is -0.881. The van der Waals surface area contributed by atoms with E-state index >= 15 is 0 Å². The molecule has 0 heterocycles. The Kier molecular flexibility index (Phi) is 6.87. The standard InChI is InChI=1S/C14H28N2O3/c1-7-11(3)15(8-2)13(19)16(14(4,5)6)10-9-12(17)18/h11H,7-10H2,1-6H3,(H,17,18). The van der Waals surface area contributed by atoms with Crippen LogP contribution in [0.3, 0.4) is 0 Å². The molecule has 0 aromatic heterocycles. The Morgan fingerprint density at radius 3 is 2.05 bits per heavy atom. The van der Waals surface area contributed by atoms with E-state index in [1.54, 1.807) is 9.80 Å². The van der Waals surface area contributed by atoms with E-state index in [-0.39, 0.29) is 30.6 Å². The minimum atomic E-state index is -0.881. The number of hydrogen-bond donors (Lipinski definition) is 1. The molecule has 2 amide bonds. The summed E-state index contributed by atoms with van der Waals surface area (Å²) >= 11 is 0. The van der Waals surface area contributed by atoms with Crippen LogP contribution in [-0.4, -0.2) is 51.6 Å². The average molecular weight is 272 g/mol. The number of urea groups is 1. The van der Waals surface area contributed by atoms with Crippen molar-refractivity contribution < 1.29 is 14.7 Å². The fourth-order valence-electron chi connectivity index (χ4n) is 1.94. The molecular formula is C14H28N2O3. The van der Waals surface area contributed by atoms with Crippen LogP contribution in [0.15, 0.2) is 0 Å². The van der Waals surface area contributed by atoms with Gasteiger partial charge in [-0.3, -0.25) is 4.79 Å². The van der Waals surface area contributed by atoms with Gasteiger partial charge in [0.15, 0.2) is 0 Å². The van der Waals surface area contributed by atoms with Crippen LogP contribution in [-0.2, 0) is 4.79 Å². The quantitative estimate of drug-likeness (QED) is 0.808. The number of carbonyl (C=O) groups excluding carboxylic acids is 1. The highest BCUT2D eigenvalue weighted by molar-refractivity contribution is 5.76. The molecule has 0 bridgehead atoms. The summed E-state index contributed by atoms with van der Waals surface area (Å²) in [6.45, 7) is 12.7. The first-order chi connectivity index (χ1) is 8.65. The Bertz CT molecular complexity index is 310. The molecule has 0 aromatic carbocycles. The van der Waals surface area contributed by atoms with Gasteiger partial charge < -0.3 is 14.9 Å². The highest BCUT2D eigenvalue weighted by Crippen LogP contribution is 2.18. The normalized spacial score (nSPS) is 12.9. The Hall–Kier alpha value is -1.26. The van der Waals surface area contributed by atoms with Gasteiger partial charge in [0.2, 0.25) is 0 Å².